The van der Waals surface area contributed by atoms with E-state index in [9.17, 15) is 12.8 Å². The highest BCUT2D eigenvalue weighted by Crippen LogP contribution is 2.24. The van der Waals surface area contributed by atoms with Gasteiger partial charge in [0.05, 0.1) is 17.2 Å². The quantitative estimate of drug-likeness (QED) is 0.443. The topological polar surface area (TPSA) is 49.9 Å². The van der Waals surface area contributed by atoms with E-state index in [0.29, 0.717) is 24.1 Å². The van der Waals surface area contributed by atoms with Crippen LogP contribution in [-0.2, 0) is 10.0 Å². The van der Waals surface area contributed by atoms with Crippen LogP contribution in [0.15, 0.2) is 53.4 Å². The first-order valence-corrected chi connectivity index (χ1v) is 11.8. The Hall–Kier alpha value is -2.12. The predicted octanol–water partition coefficient (Wildman–Crippen LogP) is 4.93. The lowest BCUT2D eigenvalue weighted by Gasteiger charge is -2.20. The molecule has 0 bridgehead atoms. The molecule has 0 amide bonds. The molecule has 0 N–H and O–H groups in total. The van der Waals surface area contributed by atoms with Crippen molar-refractivity contribution in [2.75, 3.05) is 31.6 Å². The number of anilines is 1. The molecule has 0 fully saturated rings. The van der Waals surface area contributed by atoms with E-state index in [2.05, 4.69) is 25.8 Å². The van der Waals surface area contributed by atoms with Gasteiger partial charge in [0.25, 0.3) is 10.0 Å². The minimum atomic E-state index is -3.74. The Kier molecular flexibility index (Phi) is 9.11. The molecule has 0 heterocycles. The first kappa shape index (κ1) is 24.2. The fraction of sp³-hybridized carbons (Fsp3) is 0.478. The number of rotatable bonds is 12. The molecule has 2 rings (SSSR count). The zero-order valence-electron chi connectivity index (χ0n) is 18.3. The molecule has 0 saturated carbocycles. The second kappa shape index (κ2) is 11.3. The normalized spacial score (nSPS) is 11.8. The molecular weight excluding hydrogens is 403 g/mol. The van der Waals surface area contributed by atoms with E-state index < -0.39 is 15.8 Å². The van der Waals surface area contributed by atoms with E-state index >= 15 is 0 Å². The number of nitrogens with zero attached hydrogens (tertiary/aromatic N) is 2. The lowest BCUT2D eigenvalue weighted by molar-refractivity contribution is 0.263. The number of unbranched alkanes of at least 4 members (excludes halogenated alkanes) is 3. The second-order valence-corrected chi connectivity index (χ2v) is 9.73. The molecular formula is C23H33FN2O3S. The third kappa shape index (κ3) is 6.99. The van der Waals surface area contributed by atoms with Gasteiger partial charge in [-0.05, 0) is 88.8 Å². The monoisotopic (exact) mass is 436 g/mol. The van der Waals surface area contributed by atoms with Crippen molar-refractivity contribution in [2.24, 2.45) is 0 Å². The molecule has 0 atom stereocenters. The van der Waals surface area contributed by atoms with Gasteiger partial charge in [0.1, 0.15) is 11.6 Å². The van der Waals surface area contributed by atoms with E-state index in [-0.39, 0.29) is 4.90 Å². The zero-order chi connectivity index (χ0) is 22.1. The molecule has 30 heavy (non-hydrogen) atoms. The van der Waals surface area contributed by atoms with E-state index in [4.69, 9.17) is 4.74 Å². The summed E-state index contributed by atoms with van der Waals surface area (Å²) in [6.45, 7) is 6.17. The molecule has 0 aliphatic heterocycles. The fourth-order valence-corrected chi connectivity index (χ4v) is 4.12. The van der Waals surface area contributed by atoms with Crippen LogP contribution in [0.4, 0.5) is 10.1 Å². The Balaban J connectivity index is 1.78. The lowest BCUT2D eigenvalue weighted by Crippen LogP contribution is -2.27. The summed E-state index contributed by atoms with van der Waals surface area (Å²) < 4.78 is 45.4. The van der Waals surface area contributed by atoms with Gasteiger partial charge in [0.15, 0.2) is 0 Å². The van der Waals surface area contributed by atoms with Crippen molar-refractivity contribution in [1.82, 2.24) is 4.90 Å². The van der Waals surface area contributed by atoms with Crippen LogP contribution in [0.2, 0.25) is 0 Å². The summed E-state index contributed by atoms with van der Waals surface area (Å²) in [5.41, 5.74) is 0.515. The molecule has 0 spiro atoms. The van der Waals surface area contributed by atoms with Crippen LogP contribution in [0.3, 0.4) is 0 Å². The summed E-state index contributed by atoms with van der Waals surface area (Å²) in [6.07, 6.45) is 4.50. The van der Waals surface area contributed by atoms with Crippen LogP contribution < -0.4 is 9.04 Å². The molecule has 0 saturated heterocycles. The minimum absolute atomic E-state index is 0.0475. The van der Waals surface area contributed by atoms with Crippen LogP contribution in [0.5, 0.6) is 5.75 Å². The zero-order valence-corrected chi connectivity index (χ0v) is 19.2. The maximum atomic E-state index is 13.1. The Morgan fingerprint density at radius 3 is 2.10 bits per heavy atom. The highest BCUT2D eigenvalue weighted by Gasteiger charge is 2.21. The Labute approximate surface area is 180 Å². The molecule has 166 valence electrons. The first-order chi connectivity index (χ1) is 14.2. The van der Waals surface area contributed by atoms with E-state index in [1.165, 1.54) is 36.3 Å². The van der Waals surface area contributed by atoms with Crippen molar-refractivity contribution < 1.29 is 17.5 Å². The summed E-state index contributed by atoms with van der Waals surface area (Å²) in [4.78, 5) is 2.40. The predicted molar refractivity (Wildman–Crippen MR) is 120 cm³/mol. The van der Waals surface area contributed by atoms with Crippen molar-refractivity contribution in [3.05, 3.63) is 54.3 Å². The van der Waals surface area contributed by atoms with Gasteiger partial charge < -0.3 is 9.64 Å². The average molecular weight is 437 g/mol. The summed E-state index contributed by atoms with van der Waals surface area (Å²) >= 11 is 0. The SMILES string of the molecule is CC(C)N(C)CCCCCCOc1ccc(N(C)S(=O)(=O)c2ccc(F)cc2)cc1. The van der Waals surface area contributed by atoms with Crippen molar-refractivity contribution in [2.45, 2.75) is 50.5 Å². The summed E-state index contributed by atoms with van der Waals surface area (Å²) in [6, 6.07) is 12.3. The Morgan fingerprint density at radius 1 is 0.900 bits per heavy atom. The van der Waals surface area contributed by atoms with Gasteiger partial charge in [-0.25, -0.2) is 12.8 Å². The molecule has 0 aromatic heterocycles. The van der Waals surface area contributed by atoms with E-state index in [1.54, 1.807) is 24.3 Å². The number of halogens is 1. The fourth-order valence-electron chi connectivity index (χ4n) is 2.92. The molecule has 5 nitrogen and oxygen atoms in total. The van der Waals surface area contributed by atoms with Gasteiger partial charge in [-0.3, -0.25) is 4.31 Å². The standard InChI is InChI=1S/C23H33FN2O3S/c1-19(2)25(3)17-7-5-6-8-18-29-22-13-11-21(12-14-22)26(4)30(27,28)23-15-9-20(24)10-16-23/h9-16,19H,5-8,17-18H2,1-4H3. The highest BCUT2D eigenvalue weighted by molar-refractivity contribution is 7.92. The first-order valence-electron chi connectivity index (χ1n) is 10.4. The number of sulfonamides is 1. The van der Waals surface area contributed by atoms with Gasteiger partial charge in [-0.15, -0.1) is 0 Å². The average Bonchev–Trinajstić information content (AvgIpc) is 2.73. The van der Waals surface area contributed by atoms with Crippen LogP contribution in [0.25, 0.3) is 0 Å². The third-order valence-corrected chi connectivity index (χ3v) is 7.03. The number of ether oxygens (including phenoxy) is 1. The molecule has 7 heteroatoms. The van der Waals surface area contributed by atoms with Gasteiger partial charge in [0, 0.05) is 13.1 Å². The minimum Gasteiger partial charge on any atom is -0.494 e. The van der Waals surface area contributed by atoms with Crippen LogP contribution in [-0.4, -0.2) is 46.6 Å². The molecule has 0 aliphatic rings. The molecule has 2 aromatic carbocycles. The number of hydrogen-bond acceptors (Lipinski definition) is 4. The summed E-state index contributed by atoms with van der Waals surface area (Å²) in [7, 11) is -0.111. The van der Waals surface area contributed by atoms with Gasteiger partial charge >= 0.3 is 0 Å². The highest BCUT2D eigenvalue weighted by atomic mass is 32.2. The van der Waals surface area contributed by atoms with Crippen molar-refractivity contribution in [3.63, 3.8) is 0 Å². The third-order valence-electron chi connectivity index (χ3n) is 5.23. The summed E-state index contributed by atoms with van der Waals surface area (Å²) in [5, 5.41) is 0. The largest absolute Gasteiger partial charge is 0.494 e. The van der Waals surface area contributed by atoms with Gasteiger partial charge in [-0.1, -0.05) is 12.8 Å². The number of benzene rings is 2. The van der Waals surface area contributed by atoms with E-state index in [0.717, 1.165) is 31.5 Å². The number of hydrogen-bond donors (Lipinski definition) is 0. The molecule has 2 aromatic rings. The molecule has 0 aliphatic carbocycles. The Morgan fingerprint density at radius 2 is 1.50 bits per heavy atom. The van der Waals surface area contributed by atoms with E-state index in [1.807, 2.05) is 0 Å². The Bertz CT molecular complexity index is 868. The second-order valence-electron chi connectivity index (χ2n) is 7.76. The van der Waals surface area contributed by atoms with Gasteiger partial charge in [0.2, 0.25) is 0 Å². The lowest BCUT2D eigenvalue weighted by atomic mass is 10.2. The van der Waals surface area contributed by atoms with Crippen LogP contribution >= 0.6 is 0 Å². The van der Waals surface area contributed by atoms with Crippen molar-refractivity contribution >= 4 is 15.7 Å². The maximum Gasteiger partial charge on any atom is 0.264 e. The maximum absolute atomic E-state index is 13.1. The van der Waals surface area contributed by atoms with Crippen molar-refractivity contribution in [3.8, 4) is 5.75 Å². The van der Waals surface area contributed by atoms with Crippen molar-refractivity contribution in [1.29, 1.82) is 0 Å². The van der Waals surface area contributed by atoms with Gasteiger partial charge in [-0.2, -0.15) is 0 Å². The molecule has 0 unspecified atom stereocenters. The van der Waals surface area contributed by atoms with Crippen LogP contribution in [0.1, 0.15) is 39.5 Å². The smallest absolute Gasteiger partial charge is 0.264 e. The summed E-state index contributed by atoms with van der Waals surface area (Å²) in [5.74, 6) is 0.242. The van der Waals surface area contributed by atoms with Crippen LogP contribution in [0, 0.1) is 5.82 Å². The molecule has 0 radical (unpaired) electrons.